The van der Waals surface area contributed by atoms with Crippen LogP contribution in [0.4, 0.5) is 0 Å². The molecule has 0 radical (unpaired) electrons. The summed E-state index contributed by atoms with van der Waals surface area (Å²) in [7, 11) is 0. The molecule has 0 aromatic heterocycles. The Morgan fingerprint density at radius 1 is 1.17 bits per heavy atom. The molecule has 0 aliphatic heterocycles. The Labute approximate surface area is 120 Å². The molecule has 2 rings (SSSR count). The SMILES string of the molecule is CC(N)c1ccc(Oc2cccc(Br)c2)cc1Cl. The second-order valence-electron chi connectivity index (χ2n) is 4.03. The van der Waals surface area contributed by atoms with Gasteiger partial charge in [-0.2, -0.15) is 0 Å². The lowest BCUT2D eigenvalue weighted by atomic mass is 10.1. The summed E-state index contributed by atoms with van der Waals surface area (Å²) in [4.78, 5) is 0. The highest BCUT2D eigenvalue weighted by molar-refractivity contribution is 9.10. The number of hydrogen-bond acceptors (Lipinski definition) is 2. The second-order valence-corrected chi connectivity index (χ2v) is 5.35. The number of halogens is 2. The second kappa shape index (κ2) is 5.74. The van der Waals surface area contributed by atoms with Gasteiger partial charge in [0, 0.05) is 15.5 Å². The van der Waals surface area contributed by atoms with E-state index in [9.17, 15) is 0 Å². The Bertz CT molecular complexity index is 557. The predicted molar refractivity (Wildman–Crippen MR) is 78.3 cm³/mol. The van der Waals surface area contributed by atoms with Crippen molar-refractivity contribution in [3.63, 3.8) is 0 Å². The van der Waals surface area contributed by atoms with Gasteiger partial charge in [-0.1, -0.05) is 39.7 Å². The molecule has 2 nitrogen and oxygen atoms in total. The molecule has 18 heavy (non-hydrogen) atoms. The van der Waals surface area contributed by atoms with E-state index < -0.39 is 0 Å². The number of ether oxygens (including phenoxy) is 1. The van der Waals surface area contributed by atoms with Crippen molar-refractivity contribution in [1.82, 2.24) is 0 Å². The van der Waals surface area contributed by atoms with Crippen LogP contribution in [-0.2, 0) is 0 Å². The standard InChI is InChI=1S/C14H13BrClNO/c1-9(17)13-6-5-12(8-14(13)16)18-11-4-2-3-10(15)7-11/h2-9H,17H2,1H3. The lowest BCUT2D eigenvalue weighted by Crippen LogP contribution is -2.05. The first-order valence-electron chi connectivity index (χ1n) is 5.54. The smallest absolute Gasteiger partial charge is 0.128 e. The average molecular weight is 327 g/mol. The van der Waals surface area contributed by atoms with Gasteiger partial charge in [-0.3, -0.25) is 0 Å². The lowest BCUT2D eigenvalue weighted by Gasteiger charge is -2.11. The quantitative estimate of drug-likeness (QED) is 0.869. The van der Waals surface area contributed by atoms with Crippen molar-refractivity contribution in [2.75, 3.05) is 0 Å². The maximum absolute atomic E-state index is 6.15. The van der Waals surface area contributed by atoms with Crippen molar-refractivity contribution in [2.24, 2.45) is 5.73 Å². The molecule has 2 N–H and O–H groups in total. The van der Waals surface area contributed by atoms with Crippen LogP contribution >= 0.6 is 27.5 Å². The number of nitrogens with two attached hydrogens (primary N) is 1. The van der Waals surface area contributed by atoms with Crippen LogP contribution in [-0.4, -0.2) is 0 Å². The molecule has 0 bridgehead atoms. The van der Waals surface area contributed by atoms with Gasteiger partial charge in [0.2, 0.25) is 0 Å². The third-order valence-corrected chi connectivity index (χ3v) is 3.31. The highest BCUT2D eigenvalue weighted by Crippen LogP contribution is 2.30. The fourth-order valence-electron chi connectivity index (χ4n) is 1.61. The van der Waals surface area contributed by atoms with Crippen LogP contribution in [0.5, 0.6) is 11.5 Å². The van der Waals surface area contributed by atoms with Gasteiger partial charge in [-0.25, -0.2) is 0 Å². The molecule has 2 aromatic rings. The van der Waals surface area contributed by atoms with E-state index in [1.807, 2.05) is 43.3 Å². The summed E-state index contributed by atoms with van der Waals surface area (Å²) in [6.07, 6.45) is 0. The van der Waals surface area contributed by atoms with Crippen LogP contribution in [0.3, 0.4) is 0 Å². The molecule has 4 heteroatoms. The van der Waals surface area contributed by atoms with E-state index in [-0.39, 0.29) is 6.04 Å². The van der Waals surface area contributed by atoms with Crippen molar-refractivity contribution in [2.45, 2.75) is 13.0 Å². The van der Waals surface area contributed by atoms with Gasteiger partial charge in [-0.05, 0) is 42.8 Å². The van der Waals surface area contributed by atoms with Crippen LogP contribution in [0.1, 0.15) is 18.5 Å². The van der Waals surface area contributed by atoms with Gasteiger partial charge >= 0.3 is 0 Å². The highest BCUT2D eigenvalue weighted by atomic mass is 79.9. The normalized spacial score (nSPS) is 12.2. The Kier molecular flexibility index (Phi) is 4.27. The van der Waals surface area contributed by atoms with Crippen LogP contribution < -0.4 is 10.5 Å². The minimum Gasteiger partial charge on any atom is -0.457 e. The third-order valence-electron chi connectivity index (χ3n) is 2.49. The van der Waals surface area contributed by atoms with Crippen molar-refractivity contribution >= 4 is 27.5 Å². The monoisotopic (exact) mass is 325 g/mol. The van der Waals surface area contributed by atoms with Crippen LogP contribution in [0, 0.1) is 0 Å². The number of rotatable bonds is 3. The summed E-state index contributed by atoms with van der Waals surface area (Å²) in [6, 6.07) is 13.1. The fraction of sp³-hybridized carbons (Fsp3) is 0.143. The highest BCUT2D eigenvalue weighted by Gasteiger charge is 2.07. The molecular weight excluding hydrogens is 314 g/mol. The Hall–Kier alpha value is -1.03. The minimum atomic E-state index is -0.0857. The fourth-order valence-corrected chi connectivity index (χ4v) is 2.33. The zero-order valence-corrected chi connectivity index (χ0v) is 12.2. The summed E-state index contributed by atoms with van der Waals surface area (Å²) in [5, 5.41) is 0.623. The zero-order valence-electron chi connectivity index (χ0n) is 9.86. The van der Waals surface area contributed by atoms with E-state index in [2.05, 4.69) is 15.9 Å². The van der Waals surface area contributed by atoms with Gasteiger partial charge in [0.15, 0.2) is 0 Å². The van der Waals surface area contributed by atoms with E-state index in [0.29, 0.717) is 10.8 Å². The van der Waals surface area contributed by atoms with E-state index in [1.54, 1.807) is 6.07 Å². The molecular formula is C14H13BrClNO. The lowest BCUT2D eigenvalue weighted by molar-refractivity contribution is 0.482. The van der Waals surface area contributed by atoms with Crippen LogP contribution in [0.15, 0.2) is 46.9 Å². The molecule has 0 heterocycles. The maximum atomic E-state index is 6.15. The maximum Gasteiger partial charge on any atom is 0.128 e. The van der Waals surface area contributed by atoms with Crippen LogP contribution in [0.2, 0.25) is 5.02 Å². The van der Waals surface area contributed by atoms with Gasteiger partial charge in [0.05, 0.1) is 0 Å². The molecule has 0 aliphatic carbocycles. The summed E-state index contributed by atoms with van der Waals surface area (Å²) in [6.45, 7) is 1.90. The Morgan fingerprint density at radius 3 is 2.50 bits per heavy atom. The van der Waals surface area contributed by atoms with E-state index >= 15 is 0 Å². The first kappa shape index (κ1) is 13.4. The van der Waals surface area contributed by atoms with Crippen molar-refractivity contribution in [3.8, 4) is 11.5 Å². The molecule has 0 aliphatic rings. The molecule has 0 spiro atoms. The van der Waals surface area contributed by atoms with Crippen LogP contribution in [0.25, 0.3) is 0 Å². The molecule has 94 valence electrons. The third kappa shape index (κ3) is 3.25. The Balaban J connectivity index is 2.23. The number of benzene rings is 2. The number of hydrogen-bond donors (Lipinski definition) is 1. The van der Waals surface area contributed by atoms with Gasteiger partial charge in [-0.15, -0.1) is 0 Å². The largest absolute Gasteiger partial charge is 0.457 e. The van der Waals surface area contributed by atoms with Gasteiger partial charge < -0.3 is 10.5 Å². The molecule has 0 saturated heterocycles. The predicted octanol–water partition coefficient (Wildman–Crippen LogP) is 4.91. The Morgan fingerprint density at radius 2 is 1.89 bits per heavy atom. The summed E-state index contributed by atoms with van der Waals surface area (Å²) >= 11 is 9.55. The van der Waals surface area contributed by atoms with Crippen molar-refractivity contribution in [1.29, 1.82) is 0 Å². The van der Waals surface area contributed by atoms with Crippen molar-refractivity contribution in [3.05, 3.63) is 57.5 Å². The molecule has 0 saturated carbocycles. The zero-order chi connectivity index (χ0) is 13.1. The first-order chi connectivity index (χ1) is 8.56. The summed E-state index contributed by atoms with van der Waals surface area (Å²) in [5.74, 6) is 1.46. The molecule has 1 atom stereocenters. The molecule has 2 aromatic carbocycles. The molecule has 1 unspecified atom stereocenters. The topological polar surface area (TPSA) is 35.2 Å². The average Bonchev–Trinajstić information content (AvgIpc) is 2.28. The summed E-state index contributed by atoms with van der Waals surface area (Å²) in [5.41, 5.74) is 6.72. The van der Waals surface area contributed by atoms with Crippen molar-refractivity contribution < 1.29 is 4.74 Å². The minimum absolute atomic E-state index is 0.0857. The first-order valence-corrected chi connectivity index (χ1v) is 6.72. The van der Waals surface area contributed by atoms with E-state index in [1.165, 1.54) is 0 Å². The van der Waals surface area contributed by atoms with E-state index in [4.69, 9.17) is 22.1 Å². The van der Waals surface area contributed by atoms with Gasteiger partial charge in [0.1, 0.15) is 11.5 Å². The molecule has 0 fully saturated rings. The summed E-state index contributed by atoms with van der Waals surface area (Å²) < 4.78 is 6.69. The van der Waals surface area contributed by atoms with Gasteiger partial charge in [0.25, 0.3) is 0 Å². The van der Waals surface area contributed by atoms with E-state index in [0.717, 1.165) is 15.8 Å². The molecule has 0 amide bonds.